The van der Waals surface area contributed by atoms with Gasteiger partial charge >= 0.3 is 0 Å². The van der Waals surface area contributed by atoms with Crippen LogP contribution in [0.15, 0.2) is 24.3 Å². The van der Waals surface area contributed by atoms with Gasteiger partial charge < -0.3 is 5.32 Å². The Bertz CT molecular complexity index is 260. The van der Waals surface area contributed by atoms with E-state index in [1.54, 1.807) is 0 Å². The van der Waals surface area contributed by atoms with Crippen molar-refractivity contribution in [3.8, 4) is 0 Å². The summed E-state index contributed by atoms with van der Waals surface area (Å²) >= 11 is 0. The van der Waals surface area contributed by atoms with Crippen LogP contribution in [0.1, 0.15) is 44.9 Å². The van der Waals surface area contributed by atoms with Crippen molar-refractivity contribution < 1.29 is 0 Å². The van der Waals surface area contributed by atoms with Crippen molar-refractivity contribution in [1.29, 1.82) is 0 Å². The Morgan fingerprint density at radius 2 is 1.53 bits per heavy atom. The smallest absolute Gasteiger partial charge is 0.0342 e. The van der Waals surface area contributed by atoms with Crippen molar-refractivity contribution in [1.82, 2.24) is 0 Å². The van der Waals surface area contributed by atoms with Crippen LogP contribution in [0.4, 0.5) is 5.69 Å². The molecule has 0 heterocycles. The van der Waals surface area contributed by atoms with Crippen molar-refractivity contribution in [3.63, 3.8) is 0 Å². The zero-order chi connectivity index (χ0) is 10.3. The molecule has 1 aliphatic carbocycles. The van der Waals surface area contributed by atoms with Crippen molar-refractivity contribution in [2.45, 2.75) is 51.0 Å². The van der Waals surface area contributed by atoms with Gasteiger partial charge in [-0.3, -0.25) is 0 Å². The fourth-order valence-corrected chi connectivity index (χ4v) is 2.32. The molecule has 1 saturated carbocycles. The summed E-state index contributed by atoms with van der Waals surface area (Å²) in [5.74, 6) is 0. The van der Waals surface area contributed by atoms with E-state index in [1.165, 1.54) is 50.6 Å². The SMILES string of the molecule is [c]1ccc(NC2CCCCCCC2)cc1. The minimum atomic E-state index is 0.688. The number of rotatable bonds is 2. The summed E-state index contributed by atoms with van der Waals surface area (Å²) in [5, 5.41) is 3.63. The molecule has 0 spiro atoms. The van der Waals surface area contributed by atoms with Gasteiger partial charge in [-0.15, -0.1) is 0 Å². The normalized spacial score (nSPS) is 19.2. The van der Waals surface area contributed by atoms with Crippen LogP contribution in [-0.4, -0.2) is 6.04 Å². The second kappa shape index (κ2) is 5.79. The third kappa shape index (κ3) is 3.58. The zero-order valence-electron chi connectivity index (χ0n) is 9.34. The Kier molecular flexibility index (Phi) is 4.07. The maximum atomic E-state index is 3.63. The van der Waals surface area contributed by atoms with Gasteiger partial charge in [0.15, 0.2) is 0 Å². The highest BCUT2D eigenvalue weighted by molar-refractivity contribution is 5.43. The molecule has 0 saturated heterocycles. The summed E-state index contributed by atoms with van der Waals surface area (Å²) in [7, 11) is 0. The minimum Gasteiger partial charge on any atom is -0.382 e. The third-order valence-electron chi connectivity index (χ3n) is 3.19. The van der Waals surface area contributed by atoms with Crippen LogP contribution in [0, 0.1) is 6.07 Å². The molecule has 0 bridgehead atoms. The van der Waals surface area contributed by atoms with E-state index in [9.17, 15) is 0 Å². The largest absolute Gasteiger partial charge is 0.382 e. The number of hydrogen-bond acceptors (Lipinski definition) is 1. The molecular formula is C14H20N. The lowest BCUT2D eigenvalue weighted by Crippen LogP contribution is -2.20. The van der Waals surface area contributed by atoms with Crippen LogP contribution in [0.25, 0.3) is 0 Å². The highest BCUT2D eigenvalue weighted by atomic mass is 14.9. The number of nitrogens with one attached hydrogen (secondary N) is 1. The quantitative estimate of drug-likeness (QED) is 0.764. The van der Waals surface area contributed by atoms with Crippen molar-refractivity contribution in [2.24, 2.45) is 0 Å². The molecule has 1 N–H and O–H groups in total. The van der Waals surface area contributed by atoms with Crippen LogP contribution < -0.4 is 5.32 Å². The minimum absolute atomic E-state index is 0.688. The van der Waals surface area contributed by atoms with Crippen molar-refractivity contribution in [2.75, 3.05) is 5.32 Å². The van der Waals surface area contributed by atoms with Gasteiger partial charge in [0, 0.05) is 11.7 Å². The molecule has 0 aliphatic heterocycles. The standard InChI is InChI=1S/C14H20N/c1-2-5-9-13(10-6-3-1)15-14-11-7-4-8-12-14/h7-8,11-13,15H,1-3,5-6,9-10H2. The van der Waals surface area contributed by atoms with Gasteiger partial charge in [-0.2, -0.15) is 0 Å². The zero-order valence-corrected chi connectivity index (χ0v) is 9.34. The van der Waals surface area contributed by atoms with E-state index in [0.717, 1.165) is 0 Å². The molecule has 1 fully saturated rings. The Morgan fingerprint density at radius 1 is 0.933 bits per heavy atom. The molecule has 1 aromatic carbocycles. The van der Waals surface area contributed by atoms with Crippen LogP contribution in [0.3, 0.4) is 0 Å². The van der Waals surface area contributed by atoms with Crippen LogP contribution in [-0.2, 0) is 0 Å². The van der Waals surface area contributed by atoms with Crippen molar-refractivity contribution in [3.05, 3.63) is 30.3 Å². The lowest BCUT2D eigenvalue weighted by atomic mass is 9.96. The molecule has 0 amide bonds. The molecule has 0 unspecified atom stereocenters. The van der Waals surface area contributed by atoms with E-state index in [1.807, 2.05) is 12.1 Å². The van der Waals surface area contributed by atoms with Gasteiger partial charge in [0.25, 0.3) is 0 Å². The maximum Gasteiger partial charge on any atom is 0.0342 e. The predicted molar refractivity (Wildman–Crippen MR) is 65.0 cm³/mol. The number of hydrogen-bond donors (Lipinski definition) is 1. The van der Waals surface area contributed by atoms with Gasteiger partial charge in [-0.1, -0.05) is 44.2 Å². The fraction of sp³-hybridized carbons (Fsp3) is 0.571. The Morgan fingerprint density at radius 3 is 2.20 bits per heavy atom. The Hall–Kier alpha value is -0.980. The predicted octanol–water partition coefficient (Wildman–Crippen LogP) is 4.01. The van der Waals surface area contributed by atoms with E-state index >= 15 is 0 Å². The summed E-state index contributed by atoms with van der Waals surface area (Å²) in [6.45, 7) is 0. The molecular weight excluding hydrogens is 182 g/mol. The molecule has 2 rings (SSSR count). The van der Waals surface area contributed by atoms with Gasteiger partial charge in [-0.05, 0) is 31.0 Å². The summed E-state index contributed by atoms with van der Waals surface area (Å²) in [6.07, 6.45) is 9.71. The van der Waals surface area contributed by atoms with Gasteiger partial charge in [0.1, 0.15) is 0 Å². The highest BCUT2D eigenvalue weighted by Gasteiger charge is 2.10. The molecule has 0 atom stereocenters. The molecule has 1 heteroatoms. The second-order valence-corrected chi connectivity index (χ2v) is 4.48. The van der Waals surface area contributed by atoms with Gasteiger partial charge in [0.2, 0.25) is 0 Å². The summed E-state index contributed by atoms with van der Waals surface area (Å²) in [4.78, 5) is 0. The lowest BCUT2D eigenvalue weighted by Gasteiger charge is -2.22. The first-order valence-electron chi connectivity index (χ1n) is 6.18. The summed E-state index contributed by atoms with van der Waals surface area (Å²) in [5.41, 5.74) is 1.25. The van der Waals surface area contributed by atoms with E-state index in [-0.39, 0.29) is 0 Å². The van der Waals surface area contributed by atoms with E-state index in [0.29, 0.717) is 6.04 Å². The Labute approximate surface area is 92.9 Å². The van der Waals surface area contributed by atoms with Crippen LogP contribution >= 0.6 is 0 Å². The molecule has 81 valence electrons. The van der Waals surface area contributed by atoms with Crippen LogP contribution in [0.5, 0.6) is 0 Å². The monoisotopic (exact) mass is 202 g/mol. The lowest BCUT2D eigenvalue weighted by molar-refractivity contribution is 0.471. The first kappa shape index (κ1) is 10.5. The van der Waals surface area contributed by atoms with E-state index < -0.39 is 0 Å². The average Bonchev–Trinajstić information content (AvgIpc) is 2.23. The summed E-state index contributed by atoms with van der Waals surface area (Å²) < 4.78 is 0. The number of benzene rings is 1. The topological polar surface area (TPSA) is 12.0 Å². The van der Waals surface area contributed by atoms with E-state index in [4.69, 9.17) is 0 Å². The van der Waals surface area contributed by atoms with E-state index in [2.05, 4.69) is 23.5 Å². The molecule has 1 aromatic rings. The molecule has 1 aliphatic rings. The van der Waals surface area contributed by atoms with Gasteiger partial charge in [-0.25, -0.2) is 0 Å². The first-order chi connectivity index (χ1) is 7.45. The maximum absolute atomic E-state index is 3.63. The highest BCUT2D eigenvalue weighted by Crippen LogP contribution is 2.20. The van der Waals surface area contributed by atoms with Crippen molar-refractivity contribution >= 4 is 5.69 Å². The first-order valence-corrected chi connectivity index (χ1v) is 6.18. The number of anilines is 1. The fourth-order valence-electron chi connectivity index (χ4n) is 2.32. The van der Waals surface area contributed by atoms with Gasteiger partial charge in [0.05, 0.1) is 0 Å². The Balaban J connectivity index is 1.86. The third-order valence-corrected chi connectivity index (χ3v) is 3.19. The molecule has 0 aromatic heterocycles. The molecule has 1 radical (unpaired) electrons. The van der Waals surface area contributed by atoms with Crippen LogP contribution in [0.2, 0.25) is 0 Å². The summed E-state index contributed by atoms with van der Waals surface area (Å²) in [6, 6.07) is 11.9. The molecule has 1 nitrogen and oxygen atoms in total. The average molecular weight is 202 g/mol. The second-order valence-electron chi connectivity index (χ2n) is 4.48. The molecule has 15 heavy (non-hydrogen) atoms.